The number of nitrogens with zero attached hydrogens (tertiary/aromatic N) is 3. The third-order valence-corrected chi connectivity index (χ3v) is 8.15. The van der Waals surface area contributed by atoms with Crippen molar-refractivity contribution in [2.45, 2.75) is 71.6 Å². The van der Waals surface area contributed by atoms with E-state index in [2.05, 4.69) is 69.0 Å². The van der Waals surface area contributed by atoms with E-state index >= 15 is 0 Å². The van der Waals surface area contributed by atoms with Crippen LogP contribution >= 0.6 is 0 Å². The Balaban J connectivity index is 1.39. The third kappa shape index (κ3) is 6.61. The molecule has 0 radical (unpaired) electrons. The number of rotatable bonds is 9. The molecule has 4 rings (SSSR count). The number of hydrogen-bond donors (Lipinski definition) is 1. The zero-order chi connectivity index (χ0) is 28.2. The Kier molecular flexibility index (Phi) is 8.64. The van der Waals surface area contributed by atoms with Gasteiger partial charge in [0.15, 0.2) is 6.61 Å². The van der Waals surface area contributed by atoms with Crippen molar-refractivity contribution >= 4 is 29.0 Å². The molecule has 0 aliphatic carbocycles. The Morgan fingerprint density at radius 2 is 1.67 bits per heavy atom. The molecule has 0 saturated carbocycles. The number of amidine groups is 1. The number of nitrogens with one attached hydrogen (secondary N) is 1. The number of carbonyl (C=O) groups is 2. The van der Waals surface area contributed by atoms with Crippen molar-refractivity contribution in [2.75, 3.05) is 43.2 Å². The molecule has 39 heavy (non-hydrogen) atoms. The summed E-state index contributed by atoms with van der Waals surface area (Å²) < 4.78 is 11.4. The molecule has 1 N–H and O–H groups in total. The molecule has 2 aromatic rings. The Labute approximate surface area is 232 Å². The first-order valence-corrected chi connectivity index (χ1v) is 13.9. The molecule has 2 amide bonds. The minimum atomic E-state index is -0.245. The molecular weight excluding hydrogens is 492 g/mol. The van der Waals surface area contributed by atoms with Gasteiger partial charge in [-0.05, 0) is 59.6 Å². The van der Waals surface area contributed by atoms with Gasteiger partial charge in [0.05, 0.1) is 25.3 Å². The van der Waals surface area contributed by atoms with Crippen LogP contribution in [0.1, 0.15) is 71.9 Å². The molecule has 8 heteroatoms. The molecule has 2 heterocycles. The molecule has 8 nitrogen and oxygen atoms in total. The van der Waals surface area contributed by atoms with Crippen molar-refractivity contribution in [1.29, 1.82) is 0 Å². The average molecular weight is 535 g/mol. The molecule has 2 aromatic carbocycles. The van der Waals surface area contributed by atoms with Gasteiger partial charge in [-0.1, -0.05) is 53.7 Å². The highest BCUT2D eigenvalue weighted by Gasteiger charge is 2.30. The highest BCUT2D eigenvalue weighted by molar-refractivity contribution is 6.12. The lowest BCUT2D eigenvalue weighted by molar-refractivity contribution is -0.118. The highest BCUT2D eigenvalue weighted by atomic mass is 16.5. The van der Waals surface area contributed by atoms with Crippen LogP contribution in [0, 0.1) is 0 Å². The molecule has 210 valence electrons. The van der Waals surface area contributed by atoms with Crippen molar-refractivity contribution < 1.29 is 19.1 Å². The van der Waals surface area contributed by atoms with Crippen LogP contribution in [0.4, 0.5) is 11.4 Å². The second-order valence-electron chi connectivity index (χ2n) is 11.6. The minimum Gasteiger partial charge on any atom is -0.483 e. The van der Waals surface area contributed by atoms with Crippen LogP contribution in [-0.4, -0.2) is 55.5 Å². The Hall–Kier alpha value is -3.39. The van der Waals surface area contributed by atoms with Gasteiger partial charge in [0.2, 0.25) is 0 Å². The van der Waals surface area contributed by atoms with Crippen LogP contribution in [0.5, 0.6) is 5.75 Å². The Morgan fingerprint density at radius 1 is 1.00 bits per heavy atom. The first-order valence-electron chi connectivity index (χ1n) is 13.9. The van der Waals surface area contributed by atoms with E-state index in [9.17, 15) is 9.59 Å². The molecule has 2 aliphatic heterocycles. The predicted octanol–water partition coefficient (Wildman–Crippen LogP) is 5.46. The fourth-order valence-electron chi connectivity index (χ4n) is 4.64. The molecule has 0 unspecified atom stereocenters. The van der Waals surface area contributed by atoms with E-state index in [1.165, 1.54) is 10.6 Å². The van der Waals surface area contributed by atoms with Gasteiger partial charge in [-0.25, -0.2) is 0 Å². The summed E-state index contributed by atoms with van der Waals surface area (Å²) in [6.07, 6.45) is 2.27. The van der Waals surface area contributed by atoms with Gasteiger partial charge in [0.1, 0.15) is 11.6 Å². The first kappa shape index (κ1) is 28.6. The van der Waals surface area contributed by atoms with E-state index < -0.39 is 0 Å². The fraction of sp³-hybridized carbons (Fsp3) is 0.516. The van der Waals surface area contributed by atoms with E-state index in [1.807, 2.05) is 6.07 Å². The fourth-order valence-corrected chi connectivity index (χ4v) is 4.64. The maximum absolute atomic E-state index is 12.8. The van der Waals surface area contributed by atoms with Gasteiger partial charge in [-0.3, -0.25) is 9.59 Å². The summed E-state index contributed by atoms with van der Waals surface area (Å²) in [6, 6.07) is 13.5. The number of amides is 2. The summed E-state index contributed by atoms with van der Waals surface area (Å²) in [5.41, 5.74) is 3.67. The zero-order valence-corrected chi connectivity index (χ0v) is 24.2. The maximum atomic E-state index is 12.8. The van der Waals surface area contributed by atoms with Gasteiger partial charge in [0, 0.05) is 24.3 Å². The SMILES string of the molecule is CCC(C)(C)c1ccc(OCC(=O)Nc2ccc(N3N=C(N4CCOCC4)CC3=O)cc2)c(C(C)(C)CC)c1. The Bertz CT molecular complexity index is 1210. The highest BCUT2D eigenvalue weighted by Crippen LogP contribution is 2.38. The van der Waals surface area contributed by atoms with Gasteiger partial charge < -0.3 is 19.7 Å². The van der Waals surface area contributed by atoms with E-state index in [1.54, 1.807) is 24.3 Å². The number of carbonyl (C=O) groups excluding carboxylic acids is 2. The monoisotopic (exact) mass is 534 g/mol. The van der Waals surface area contributed by atoms with Crippen molar-refractivity contribution in [3.05, 3.63) is 53.6 Å². The van der Waals surface area contributed by atoms with Crippen molar-refractivity contribution in [2.24, 2.45) is 5.10 Å². The van der Waals surface area contributed by atoms with Gasteiger partial charge in [0.25, 0.3) is 11.8 Å². The lowest BCUT2D eigenvalue weighted by Gasteiger charge is -2.30. The smallest absolute Gasteiger partial charge is 0.262 e. The molecule has 1 saturated heterocycles. The van der Waals surface area contributed by atoms with E-state index in [-0.39, 0.29) is 35.7 Å². The summed E-state index contributed by atoms with van der Waals surface area (Å²) in [5.74, 6) is 1.20. The summed E-state index contributed by atoms with van der Waals surface area (Å²) in [7, 11) is 0. The van der Waals surface area contributed by atoms with Crippen LogP contribution in [0.25, 0.3) is 0 Å². The lowest BCUT2D eigenvalue weighted by Crippen LogP contribution is -2.40. The molecule has 0 atom stereocenters. The minimum absolute atomic E-state index is 0.0652. The van der Waals surface area contributed by atoms with Gasteiger partial charge >= 0.3 is 0 Å². The largest absolute Gasteiger partial charge is 0.483 e. The summed E-state index contributed by atoms with van der Waals surface area (Å²) in [4.78, 5) is 27.5. The van der Waals surface area contributed by atoms with Crippen LogP contribution in [0.3, 0.4) is 0 Å². The molecule has 0 bridgehead atoms. The summed E-state index contributed by atoms with van der Waals surface area (Å²) in [5, 5.41) is 8.87. The first-order chi connectivity index (χ1) is 18.5. The molecule has 0 aromatic heterocycles. The number of hydrazone groups is 1. The molecule has 2 aliphatic rings. The molecular formula is C31H42N4O4. The van der Waals surface area contributed by atoms with Crippen LogP contribution in [0.15, 0.2) is 47.6 Å². The summed E-state index contributed by atoms with van der Waals surface area (Å²) >= 11 is 0. The van der Waals surface area contributed by atoms with Crippen LogP contribution in [-0.2, 0) is 25.2 Å². The lowest BCUT2D eigenvalue weighted by atomic mass is 9.76. The number of morpholine rings is 1. The van der Waals surface area contributed by atoms with Gasteiger partial charge in [-0.2, -0.15) is 10.1 Å². The van der Waals surface area contributed by atoms with Crippen molar-refractivity contribution in [3.8, 4) is 5.75 Å². The Morgan fingerprint density at radius 3 is 2.31 bits per heavy atom. The molecule has 1 fully saturated rings. The average Bonchev–Trinajstić information content (AvgIpc) is 3.34. The van der Waals surface area contributed by atoms with E-state index in [0.717, 1.165) is 43.1 Å². The van der Waals surface area contributed by atoms with Crippen LogP contribution < -0.4 is 15.1 Å². The number of hydrogen-bond acceptors (Lipinski definition) is 6. The van der Waals surface area contributed by atoms with Crippen molar-refractivity contribution in [1.82, 2.24) is 4.90 Å². The second-order valence-corrected chi connectivity index (χ2v) is 11.6. The molecule has 0 spiro atoms. The van der Waals surface area contributed by atoms with E-state index in [4.69, 9.17) is 9.47 Å². The zero-order valence-electron chi connectivity index (χ0n) is 24.2. The quantitative estimate of drug-likeness (QED) is 0.462. The predicted molar refractivity (Wildman–Crippen MR) is 156 cm³/mol. The number of anilines is 2. The third-order valence-electron chi connectivity index (χ3n) is 8.15. The maximum Gasteiger partial charge on any atom is 0.262 e. The van der Waals surface area contributed by atoms with Crippen molar-refractivity contribution in [3.63, 3.8) is 0 Å². The normalized spacial score (nSPS) is 16.4. The van der Waals surface area contributed by atoms with Crippen LogP contribution in [0.2, 0.25) is 0 Å². The second kappa shape index (κ2) is 11.8. The summed E-state index contributed by atoms with van der Waals surface area (Å²) in [6.45, 7) is 16.0. The topological polar surface area (TPSA) is 83.5 Å². The van der Waals surface area contributed by atoms with Gasteiger partial charge in [-0.15, -0.1) is 0 Å². The number of ether oxygens (including phenoxy) is 2. The van der Waals surface area contributed by atoms with E-state index in [0.29, 0.717) is 24.6 Å². The number of benzene rings is 2. The standard InChI is InChI=1S/C31H42N4O4/c1-7-30(3,4)22-9-14-26(25(19-22)31(5,6)8-2)39-21-28(36)32-23-10-12-24(13-11-23)35-29(37)20-27(33-35)34-15-17-38-18-16-34/h9-14,19H,7-8,15-18,20-21H2,1-6H3,(H,32,36).